The van der Waals surface area contributed by atoms with Crippen LogP contribution < -0.4 is 0 Å². The first-order chi connectivity index (χ1) is 22.7. The Morgan fingerprint density at radius 3 is 1.65 bits per heavy atom. The summed E-state index contributed by atoms with van der Waals surface area (Å²) >= 11 is 1.90. The Morgan fingerprint density at radius 1 is 0.348 bits per heavy atom. The third-order valence-electron chi connectivity index (χ3n) is 9.31. The summed E-state index contributed by atoms with van der Waals surface area (Å²) in [7, 11) is 0. The van der Waals surface area contributed by atoms with Crippen LogP contribution in [0.25, 0.3) is 86.2 Å². The molecule has 9 rings (SSSR count). The summed E-state index contributed by atoms with van der Waals surface area (Å²) in [5.41, 5.74) is 11.3. The number of hydrogen-bond acceptors (Lipinski definition) is 1. The van der Waals surface area contributed by atoms with Crippen LogP contribution in [0.5, 0.6) is 0 Å². The number of rotatable bonds is 4. The number of fused-ring (bicyclic) bond motifs is 5. The van der Waals surface area contributed by atoms with E-state index in [9.17, 15) is 0 Å². The lowest BCUT2D eigenvalue weighted by atomic mass is 9.85. The molecule has 0 bridgehead atoms. The van der Waals surface area contributed by atoms with Gasteiger partial charge in [-0.15, -0.1) is 11.3 Å². The molecule has 1 aromatic heterocycles. The van der Waals surface area contributed by atoms with Gasteiger partial charge in [-0.25, -0.2) is 0 Å². The monoisotopic (exact) mass is 602 g/mol. The summed E-state index contributed by atoms with van der Waals surface area (Å²) in [5.74, 6) is 0. The van der Waals surface area contributed by atoms with Gasteiger partial charge in [0.1, 0.15) is 0 Å². The molecule has 0 aliphatic rings. The Hall–Kier alpha value is -5.50. The molecule has 0 amide bonds. The predicted molar refractivity (Wildman–Crippen MR) is 201 cm³/mol. The average molecular weight is 603 g/mol. The van der Waals surface area contributed by atoms with Crippen LogP contribution in [0.3, 0.4) is 0 Å². The minimum Gasteiger partial charge on any atom is -0.135 e. The van der Waals surface area contributed by atoms with E-state index in [2.05, 4.69) is 171 Å². The molecule has 0 radical (unpaired) electrons. The molecule has 9 aromatic rings. The third kappa shape index (κ3) is 4.35. The Bertz CT molecular complexity index is 2570. The summed E-state index contributed by atoms with van der Waals surface area (Å²) in [5, 5.41) is 7.79. The van der Waals surface area contributed by atoms with E-state index in [1.807, 2.05) is 11.3 Å². The predicted octanol–water partition coefficient (Wildman–Crippen LogP) is 13.3. The van der Waals surface area contributed by atoms with Crippen LogP contribution in [0.15, 0.2) is 164 Å². The lowest BCUT2D eigenvalue weighted by Crippen LogP contribution is -1.91. The summed E-state index contributed by atoms with van der Waals surface area (Å²) in [4.78, 5) is 0. The number of benzene rings is 8. The van der Waals surface area contributed by atoms with Crippen LogP contribution in [0.2, 0.25) is 0 Å². The zero-order valence-corrected chi connectivity index (χ0v) is 26.3. The van der Waals surface area contributed by atoms with Crippen molar-refractivity contribution in [2.24, 2.45) is 0 Å². The first-order valence-corrected chi connectivity index (χ1v) is 16.7. The fourth-order valence-corrected chi connectivity index (χ4v) is 8.41. The van der Waals surface area contributed by atoms with Gasteiger partial charge < -0.3 is 0 Å². The highest BCUT2D eigenvalue weighted by Gasteiger charge is 2.18. The molecule has 0 N–H and O–H groups in total. The van der Waals surface area contributed by atoms with E-state index in [4.69, 9.17) is 0 Å². The minimum atomic E-state index is 1.22. The first-order valence-electron chi connectivity index (χ1n) is 15.8. The van der Waals surface area contributed by atoms with Crippen molar-refractivity contribution in [2.45, 2.75) is 6.92 Å². The zero-order valence-electron chi connectivity index (χ0n) is 25.5. The maximum absolute atomic E-state index is 2.42. The Balaban J connectivity index is 1.28. The van der Waals surface area contributed by atoms with E-state index in [-0.39, 0.29) is 0 Å². The molecule has 0 aliphatic carbocycles. The molecule has 0 atom stereocenters. The maximum Gasteiger partial charge on any atom is 0.0433 e. The fourth-order valence-electron chi connectivity index (χ4n) is 7.20. The van der Waals surface area contributed by atoms with Crippen LogP contribution in [0.4, 0.5) is 0 Å². The minimum absolute atomic E-state index is 1.22. The van der Waals surface area contributed by atoms with Crippen molar-refractivity contribution < 1.29 is 0 Å². The largest absolute Gasteiger partial charge is 0.135 e. The Labute approximate surface area is 272 Å². The van der Waals surface area contributed by atoms with Gasteiger partial charge in [-0.1, -0.05) is 145 Å². The van der Waals surface area contributed by atoms with E-state index in [1.165, 1.54) is 91.8 Å². The normalized spacial score (nSPS) is 11.6. The maximum atomic E-state index is 2.42. The summed E-state index contributed by atoms with van der Waals surface area (Å²) < 4.78 is 2.69. The molecule has 0 aliphatic heterocycles. The highest BCUT2D eigenvalue weighted by atomic mass is 32.1. The molecule has 1 heteroatoms. The van der Waals surface area contributed by atoms with Crippen molar-refractivity contribution in [2.75, 3.05) is 0 Å². The van der Waals surface area contributed by atoms with Crippen LogP contribution >= 0.6 is 11.3 Å². The average Bonchev–Trinajstić information content (AvgIpc) is 3.49. The second-order valence-corrected chi connectivity index (χ2v) is 13.2. The molecule has 46 heavy (non-hydrogen) atoms. The van der Waals surface area contributed by atoms with Crippen LogP contribution in [-0.4, -0.2) is 0 Å². The molecule has 0 saturated heterocycles. The zero-order chi connectivity index (χ0) is 30.6. The topological polar surface area (TPSA) is 0 Å². The second-order valence-electron chi connectivity index (χ2n) is 12.2. The van der Waals surface area contributed by atoms with Gasteiger partial charge in [0.25, 0.3) is 0 Å². The van der Waals surface area contributed by atoms with Crippen LogP contribution in [0, 0.1) is 6.92 Å². The molecule has 0 saturated carbocycles. The molecular formula is C45H30S. The Morgan fingerprint density at radius 2 is 0.913 bits per heavy atom. The molecule has 1 heterocycles. The standard InChI is InChI=1S/C45H30S/c1-29-22-25-42-40(26-29)39-21-11-20-35(45(39)46-42)34-17-10-16-32(27-34)33-23-24-38-41(28-33)44(31-14-6-3-7-15-31)37-19-9-8-18-36(37)43(38)30-12-4-2-5-13-30/h2-28H,1H3. The van der Waals surface area contributed by atoms with Gasteiger partial charge in [0.2, 0.25) is 0 Å². The van der Waals surface area contributed by atoms with E-state index >= 15 is 0 Å². The van der Waals surface area contributed by atoms with Gasteiger partial charge in [-0.2, -0.15) is 0 Å². The summed E-state index contributed by atoms with van der Waals surface area (Å²) in [6, 6.07) is 60.3. The molecular weight excluding hydrogens is 573 g/mol. The van der Waals surface area contributed by atoms with E-state index < -0.39 is 0 Å². The summed E-state index contributed by atoms with van der Waals surface area (Å²) in [6.07, 6.45) is 0. The third-order valence-corrected chi connectivity index (χ3v) is 10.5. The molecule has 8 aromatic carbocycles. The molecule has 0 fully saturated rings. The lowest BCUT2D eigenvalue weighted by molar-refractivity contribution is 1.52. The van der Waals surface area contributed by atoms with E-state index in [1.54, 1.807) is 0 Å². The summed E-state index contributed by atoms with van der Waals surface area (Å²) in [6.45, 7) is 2.18. The van der Waals surface area contributed by atoms with E-state index in [0.717, 1.165) is 0 Å². The van der Waals surface area contributed by atoms with Crippen molar-refractivity contribution in [1.29, 1.82) is 0 Å². The molecule has 0 unspecified atom stereocenters. The van der Waals surface area contributed by atoms with Gasteiger partial charge in [-0.05, 0) is 97.2 Å². The quantitative estimate of drug-likeness (QED) is 0.176. The first kappa shape index (κ1) is 26.9. The van der Waals surface area contributed by atoms with E-state index in [0.29, 0.717) is 0 Å². The van der Waals surface area contributed by atoms with Crippen molar-refractivity contribution in [3.05, 3.63) is 169 Å². The van der Waals surface area contributed by atoms with Crippen LogP contribution in [-0.2, 0) is 0 Å². The lowest BCUT2D eigenvalue weighted by Gasteiger charge is -2.19. The number of hydrogen-bond donors (Lipinski definition) is 0. The highest BCUT2D eigenvalue weighted by molar-refractivity contribution is 7.26. The second kappa shape index (κ2) is 10.8. The smallest absolute Gasteiger partial charge is 0.0433 e. The molecule has 0 nitrogen and oxygen atoms in total. The Kier molecular flexibility index (Phi) is 6.33. The van der Waals surface area contributed by atoms with Crippen molar-refractivity contribution in [3.8, 4) is 44.5 Å². The SMILES string of the molecule is Cc1ccc2sc3c(-c4cccc(-c5ccc6c(-c7ccccc7)c7ccccc7c(-c7ccccc7)c6c5)c4)cccc3c2c1. The fraction of sp³-hybridized carbons (Fsp3) is 0.0222. The van der Waals surface area contributed by atoms with Crippen molar-refractivity contribution in [3.63, 3.8) is 0 Å². The van der Waals surface area contributed by atoms with Gasteiger partial charge >= 0.3 is 0 Å². The number of thiophene rings is 1. The van der Waals surface area contributed by atoms with Crippen LogP contribution in [0.1, 0.15) is 5.56 Å². The molecule has 0 spiro atoms. The highest BCUT2D eigenvalue weighted by Crippen LogP contribution is 2.45. The van der Waals surface area contributed by atoms with Gasteiger partial charge in [-0.3, -0.25) is 0 Å². The van der Waals surface area contributed by atoms with Gasteiger partial charge in [0.05, 0.1) is 0 Å². The number of aryl methyl sites for hydroxylation is 1. The van der Waals surface area contributed by atoms with Gasteiger partial charge in [0.15, 0.2) is 0 Å². The van der Waals surface area contributed by atoms with Gasteiger partial charge in [0, 0.05) is 20.2 Å². The van der Waals surface area contributed by atoms with Crippen molar-refractivity contribution in [1.82, 2.24) is 0 Å². The van der Waals surface area contributed by atoms with Crippen molar-refractivity contribution >= 4 is 53.1 Å². The molecule has 216 valence electrons.